The van der Waals surface area contributed by atoms with Crippen molar-refractivity contribution in [2.24, 2.45) is 15.2 Å². The van der Waals surface area contributed by atoms with Crippen molar-refractivity contribution >= 4 is 34.4 Å². The van der Waals surface area contributed by atoms with E-state index in [9.17, 15) is 4.79 Å². The van der Waals surface area contributed by atoms with Crippen LogP contribution in [-0.2, 0) is 4.79 Å². The van der Waals surface area contributed by atoms with Gasteiger partial charge in [0, 0.05) is 11.1 Å². The molecule has 0 bridgehead atoms. The van der Waals surface area contributed by atoms with Crippen LogP contribution in [0.2, 0.25) is 0 Å². The second-order valence-corrected chi connectivity index (χ2v) is 5.86. The summed E-state index contributed by atoms with van der Waals surface area (Å²) in [5.41, 5.74) is 2.69. The normalized spacial score (nSPS) is 17.1. The second-order valence-electron chi connectivity index (χ2n) is 5.86. The minimum absolute atomic E-state index is 0.313. The average molecular weight is 328 g/mol. The molecule has 0 unspecified atom stereocenters. The molecule has 4 rings (SSSR count). The van der Waals surface area contributed by atoms with Gasteiger partial charge in [-0.25, -0.2) is 0 Å². The quantitative estimate of drug-likeness (QED) is 0.658. The first-order valence-corrected chi connectivity index (χ1v) is 8.05. The van der Waals surface area contributed by atoms with Gasteiger partial charge in [-0.3, -0.25) is 9.69 Å². The van der Waals surface area contributed by atoms with Gasteiger partial charge in [0.1, 0.15) is 6.34 Å². The lowest BCUT2D eigenvalue weighted by Crippen LogP contribution is -2.32. The highest BCUT2D eigenvalue weighted by molar-refractivity contribution is 6.04. The fraction of sp³-hybridized carbons (Fsp3) is 0.100. The van der Waals surface area contributed by atoms with Crippen molar-refractivity contribution in [3.05, 3.63) is 72.3 Å². The van der Waals surface area contributed by atoms with Gasteiger partial charge in [-0.05, 0) is 30.0 Å². The molecule has 0 radical (unpaired) electrons. The van der Waals surface area contributed by atoms with E-state index in [0.29, 0.717) is 0 Å². The van der Waals surface area contributed by atoms with Crippen molar-refractivity contribution in [1.29, 1.82) is 0 Å². The first-order valence-electron chi connectivity index (χ1n) is 8.05. The molecule has 1 aliphatic heterocycles. The van der Waals surface area contributed by atoms with E-state index < -0.39 is 6.17 Å². The summed E-state index contributed by atoms with van der Waals surface area (Å²) in [6, 6.07) is 21.6. The topological polar surface area (TPSA) is 57.4 Å². The molecule has 0 N–H and O–H groups in total. The predicted molar refractivity (Wildman–Crippen MR) is 99.4 cm³/mol. The van der Waals surface area contributed by atoms with Crippen molar-refractivity contribution in [2.75, 3.05) is 4.90 Å². The molecule has 0 aromatic heterocycles. The number of fused-ring (bicyclic) bond motifs is 1. The number of amides is 1. The Morgan fingerprint density at radius 3 is 2.60 bits per heavy atom. The number of carbonyl (C=O) groups excluding carboxylic acids is 1. The first kappa shape index (κ1) is 15.2. The van der Waals surface area contributed by atoms with Gasteiger partial charge in [-0.1, -0.05) is 54.6 Å². The van der Waals surface area contributed by atoms with Crippen LogP contribution in [0.25, 0.3) is 10.8 Å². The Balaban J connectivity index is 1.70. The summed E-state index contributed by atoms with van der Waals surface area (Å²) in [7, 11) is 0. The highest BCUT2D eigenvalue weighted by atomic mass is 16.2. The zero-order valence-corrected chi connectivity index (χ0v) is 13.7. The summed E-state index contributed by atoms with van der Waals surface area (Å²) in [6.45, 7) is 1.99. The Morgan fingerprint density at radius 2 is 1.72 bits per heavy atom. The monoisotopic (exact) mass is 328 g/mol. The van der Waals surface area contributed by atoms with Crippen LogP contribution < -0.4 is 4.90 Å². The SMILES string of the molecule is Cc1ccccc1N1C=NC(=O)[C@H]1N=Nc1cccc2ccccc12. The zero-order valence-electron chi connectivity index (χ0n) is 13.7. The summed E-state index contributed by atoms with van der Waals surface area (Å²) in [4.78, 5) is 17.8. The van der Waals surface area contributed by atoms with Gasteiger partial charge < -0.3 is 0 Å². The number of azo groups is 1. The molecule has 0 aliphatic carbocycles. The molecule has 1 atom stereocenters. The van der Waals surface area contributed by atoms with Gasteiger partial charge in [0.15, 0.2) is 0 Å². The molecule has 0 fully saturated rings. The van der Waals surface area contributed by atoms with Gasteiger partial charge in [0.25, 0.3) is 5.91 Å². The van der Waals surface area contributed by atoms with E-state index in [-0.39, 0.29) is 5.91 Å². The van der Waals surface area contributed by atoms with Crippen LogP contribution in [0.15, 0.2) is 82.0 Å². The molecule has 25 heavy (non-hydrogen) atoms. The second kappa shape index (κ2) is 6.28. The Morgan fingerprint density at radius 1 is 0.960 bits per heavy atom. The Hall–Kier alpha value is -3.34. The van der Waals surface area contributed by atoms with Crippen molar-refractivity contribution in [1.82, 2.24) is 0 Å². The Kier molecular flexibility index (Phi) is 3.82. The summed E-state index contributed by atoms with van der Waals surface area (Å²) >= 11 is 0. The van der Waals surface area contributed by atoms with E-state index in [2.05, 4.69) is 15.2 Å². The highest BCUT2D eigenvalue weighted by Crippen LogP contribution is 2.28. The maximum atomic E-state index is 12.2. The summed E-state index contributed by atoms with van der Waals surface area (Å²) in [6.07, 6.45) is 0.761. The van der Waals surface area contributed by atoms with Gasteiger partial charge in [0.05, 0.1) is 5.69 Å². The number of aliphatic imine (C=N–C) groups is 1. The van der Waals surface area contributed by atoms with E-state index in [1.807, 2.05) is 73.7 Å². The summed E-state index contributed by atoms with van der Waals surface area (Å²) in [5, 5.41) is 10.7. The predicted octanol–water partition coefficient (Wildman–Crippen LogP) is 4.63. The number of hydrogen-bond acceptors (Lipinski definition) is 4. The first-order chi connectivity index (χ1) is 12.2. The smallest absolute Gasteiger partial charge is 0.294 e. The van der Waals surface area contributed by atoms with Crippen molar-refractivity contribution in [3.8, 4) is 0 Å². The van der Waals surface area contributed by atoms with Crippen LogP contribution in [0.5, 0.6) is 0 Å². The van der Waals surface area contributed by atoms with Gasteiger partial charge >= 0.3 is 0 Å². The summed E-state index contributed by atoms with van der Waals surface area (Å²) in [5.74, 6) is -0.313. The largest absolute Gasteiger partial charge is 0.299 e. The van der Waals surface area contributed by atoms with Gasteiger partial charge in [-0.15, -0.1) is 0 Å². The van der Waals surface area contributed by atoms with Crippen LogP contribution in [-0.4, -0.2) is 18.4 Å². The van der Waals surface area contributed by atoms with Crippen molar-refractivity contribution in [3.63, 3.8) is 0 Å². The van der Waals surface area contributed by atoms with Crippen LogP contribution >= 0.6 is 0 Å². The molecule has 122 valence electrons. The minimum atomic E-state index is -0.764. The lowest BCUT2D eigenvalue weighted by Gasteiger charge is -2.20. The Bertz CT molecular complexity index is 1000. The van der Waals surface area contributed by atoms with Crippen molar-refractivity contribution in [2.45, 2.75) is 13.1 Å². The third kappa shape index (κ3) is 2.80. The molecule has 1 heterocycles. The highest BCUT2D eigenvalue weighted by Gasteiger charge is 2.30. The average Bonchev–Trinajstić information content (AvgIpc) is 3.01. The molecule has 5 nitrogen and oxygen atoms in total. The zero-order chi connectivity index (χ0) is 17.2. The number of carbonyl (C=O) groups is 1. The third-order valence-electron chi connectivity index (χ3n) is 4.23. The van der Waals surface area contributed by atoms with Crippen LogP contribution in [0.1, 0.15) is 5.56 Å². The molecule has 1 aliphatic rings. The molecule has 3 aromatic carbocycles. The minimum Gasteiger partial charge on any atom is -0.299 e. The maximum Gasteiger partial charge on any atom is 0.294 e. The number of nitrogens with zero attached hydrogens (tertiary/aromatic N) is 4. The van der Waals surface area contributed by atoms with Crippen LogP contribution in [0.3, 0.4) is 0 Å². The fourth-order valence-electron chi connectivity index (χ4n) is 2.93. The number of aryl methyl sites for hydroxylation is 1. The summed E-state index contributed by atoms with van der Waals surface area (Å²) < 4.78 is 0. The van der Waals surface area contributed by atoms with E-state index >= 15 is 0 Å². The number of anilines is 1. The number of rotatable bonds is 3. The fourth-order valence-corrected chi connectivity index (χ4v) is 2.93. The standard InChI is InChI=1S/C20H16N4O/c1-14-7-2-5-12-18(14)24-13-21-20(25)19(24)23-22-17-11-6-9-15-8-3-4-10-16(15)17/h2-13,19H,1H3/t19-/m0/s1. The molecule has 0 saturated heterocycles. The molecular formula is C20H16N4O. The van der Waals surface area contributed by atoms with E-state index in [1.165, 1.54) is 6.34 Å². The van der Waals surface area contributed by atoms with E-state index in [1.54, 1.807) is 4.90 Å². The maximum absolute atomic E-state index is 12.2. The van der Waals surface area contributed by atoms with Crippen molar-refractivity contribution < 1.29 is 4.79 Å². The molecule has 3 aromatic rings. The molecule has 0 spiro atoms. The molecular weight excluding hydrogens is 312 g/mol. The molecule has 1 amide bonds. The third-order valence-corrected chi connectivity index (χ3v) is 4.23. The Labute approximate surface area is 145 Å². The van der Waals surface area contributed by atoms with Crippen LogP contribution in [0.4, 0.5) is 11.4 Å². The lowest BCUT2D eigenvalue weighted by atomic mass is 10.1. The van der Waals surface area contributed by atoms with E-state index in [0.717, 1.165) is 27.7 Å². The van der Waals surface area contributed by atoms with Crippen LogP contribution in [0, 0.1) is 6.92 Å². The van der Waals surface area contributed by atoms with E-state index in [4.69, 9.17) is 0 Å². The molecule has 5 heteroatoms. The number of para-hydroxylation sites is 1. The van der Waals surface area contributed by atoms with Gasteiger partial charge in [0.2, 0.25) is 6.17 Å². The lowest BCUT2D eigenvalue weighted by molar-refractivity contribution is -0.118. The molecule has 0 saturated carbocycles. The number of benzene rings is 3. The van der Waals surface area contributed by atoms with Gasteiger partial charge in [-0.2, -0.15) is 15.2 Å². The number of hydrogen-bond donors (Lipinski definition) is 0.